The standard InChI is InChI=1S/C15H28N4O2/c1-5-6-16-9-14-10-18-15(11-17-14)19(7-8-20-3)13(2)12-21-4/h10-11,13,16H,5-9,12H2,1-4H3. The van der Waals surface area contributed by atoms with Crippen LogP contribution >= 0.6 is 0 Å². The van der Waals surface area contributed by atoms with Crippen molar-refractivity contribution in [1.82, 2.24) is 15.3 Å². The van der Waals surface area contributed by atoms with E-state index in [9.17, 15) is 0 Å². The lowest BCUT2D eigenvalue weighted by Gasteiger charge is -2.29. The molecule has 1 atom stereocenters. The predicted molar refractivity (Wildman–Crippen MR) is 84.6 cm³/mol. The lowest BCUT2D eigenvalue weighted by Crippen LogP contribution is -2.39. The molecule has 0 aliphatic rings. The van der Waals surface area contributed by atoms with Crippen LogP contribution in [0.2, 0.25) is 0 Å². The van der Waals surface area contributed by atoms with Crippen LogP contribution in [0.4, 0.5) is 5.82 Å². The van der Waals surface area contributed by atoms with Crippen LogP contribution in [0, 0.1) is 0 Å². The van der Waals surface area contributed by atoms with Gasteiger partial charge in [-0.3, -0.25) is 4.98 Å². The molecule has 0 amide bonds. The second-order valence-electron chi connectivity index (χ2n) is 5.03. The molecule has 0 spiro atoms. The van der Waals surface area contributed by atoms with Gasteiger partial charge in [0, 0.05) is 27.3 Å². The molecule has 0 aliphatic heterocycles. The smallest absolute Gasteiger partial charge is 0.147 e. The summed E-state index contributed by atoms with van der Waals surface area (Å²) in [5.74, 6) is 0.857. The fourth-order valence-electron chi connectivity index (χ4n) is 2.06. The molecule has 1 aromatic rings. The van der Waals surface area contributed by atoms with E-state index in [2.05, 4.69) is 34.0 Å². The Bertz CT molecular complexity index is 372. The predicted octanol–water partition coefficient (Wildman–Crippen LogP) is 1.46. The molecule has 1 heterocycles. The number of nitrogens with one attached hydrogen (secondary N) is 1. The Morgan fingerprint density at radius 2 is 2.05 bits per heavy atom. The molecule has 0 radical (unpaired) electrons. The monoisotopic (exact) mass is 296 g/mol. The van der Waals surface area contributed by atoms with E-state index in [-0.39, 0.29) is 6.04 Å². The third-order valence-electron chi connectivity index (χ3n) is 3.20. The average molecular weight is 296 g/mol. The molecule has 6 heteroatoms. The van der Waals surface area contributed by atoms with Crippen LogP contribution < -0.4 is 10.2 Å². The molecule has 120 valence electrons. The van der Waals surface area contributed by atoms with Crippen molar-refractivity contribution in [2.75, 3.05) is 45.4 Å². The minimum atomic E-state index is 0.225. The van der Waals surface area contributed by atoms with Gasteiger partial charge in [-0.15, -0.1) is 0 Å². The number of aromatic nitrogens is 2. The van der Waals surface area contributed by atoms with E-state index in [4.69, 9.17) is 9.47 Å². The Labute approximate surface area is 127 Å². The van der Waals surface area contributed by atoms with Crippen LogP contribution in [-0.4, -0.2) is 56.5 Å². The van der Waals surface area contributed by atoms with Crippen LogP contribution in [0.3, 0.4) is 0 Å². The molecule has 1 unspecified atom stereocenters. The van der Waals surface area contributed by atoms with Gasteiger partial charge in [0.2, 0.25) is 0 Å². The molecular formula is C15H28N4O2. The zero-order valence-corrected chi connectivity index (χ0v) is 13.6. The number of ether oxygens (including phenoxy) is 2. The maximum atomic E-state index is 5.23. The van der Waals surface area contributed by atoms with E-state index in [1.165, 1.54) is 0 Å². The lowest BCUT2D eigenvalue weighted by molar-refractivity contribution is 0.170. The molecule has 0 bridgehead atoms. The quantitative estimate of drug-likeness (QED) is 0.624. The molecule has 6 nitrogen and oxygen atoms in total. The van der Waals surface area contributed by atoms with Crippen LogP contribution in [0.25, 0.3) is 0 Å². The van der Waals surface area contributed by atoms with E-state index in [0.717, 1.165) is 37.6 Å². The van der Waals surface area contributed by atoms with Crippen molar-refractivity contribution in [2.45, 2.75) is 32.9 Å². The molecule has 0 saturated heterocycles. The molecule has 0 aliphatic carbocycles. The third kappa shape index (κ3) is 6.37. The maximum absolute atomic E-state index is 5.23. The SMILES string of the molecule is CCCNCc1cnc(N(CCOC)C(C)COC)cn1. The van der Waals surface area contributed by atoms with Gasteiger partial charge in [-0.05, 0) is 19.9 Å². The minimum absolute atomic E-state index is 0.225. The summed E-state index contributed by atoms with van der Waals surface area (Å²) in [5, 5.41) is 3.32. The number of rotatable bonds is 11. The Morgan fingerprint density at radius 1 is 1.24 bits per heavy atom. The summed E-state index contributed by atoms with van der Waals surface area (Å²) in [6.45, 7) is 8.06. The topological polar surface area (TPSA) is 59.5 Å². The highest BCUT2D eigenvalue weighted by Gasteiger charge is 2.15. The van der Waals surface area contributed by atoms with Gasteiger partial charge in [-0.25, -0.2) is 4.98 Å². The summed E-state index contributed by atoms with van der Waals surface area (Å²) >= 11 is 0. The van der Waals surface area contributed by atoms with Crippen molar-refractivity contribution in [3.63, 3.8) is 0 Å². The second-order valence-corrected chi connectivity index (χ2v) is 5.03. The van der Waals surface area contributed by atoms with Crippen molar-refractivity contribution < 1.29 is 9.47 Å². The molecule has 0 aromatic carbocycles. The first-order valence-corrected chi connectivity index (χ1v) is 7.49. The van der Waals surface area contributed by atoms with Crippen molar-refractivity contribution >= 4 is 5.82 Å². The van der Waals surface area contributed by atoms with Gasteiger partial charge in [0.05, 0.1) is 37.3 Å². The van der Waals surface area contributed by atoms with Gasteiger partial charge in [0.25, 0.3) is 0 Å². The summed E-state index contributed by atoms with van der Waals surface area (Å²) in [7, 11) is 3.41. The Hall–Kier alpha value is -1.24. The fourth-order valence-corrected chi connectivity index (χ4v) is 2.06. The summed E-state index contributed by atoms with van der Waals surface area (Å²) in [6.07, 6.45) is 4.77. The van der Waals surface area contributed by atoms with Gasteiger partial charge in [0.1, 0.15) is 5.82 Å². The van der Waals surface area contributed by atoms with Crippen LogP contribution in [0.5, 0.6) is 0 Å². The Morgan fingerprint density at radius 3 is 2.62 bits per heavy atom. The maximum Gasteiger partial charge on any atom is 0.147 e. The molecule has 0 saturated carbocycles. The van der Waals surface area contributed by atoms with E-state index in [1.807, 2.05) is 12.4 Å². The number of hydrogen-bond acceptors (Lipinski definition) is 6. The van der Waals surface area contributed by atoms with Gasteiger partial charge >= 0.3 is 0 Å². The molecule has 1 rings (SSSR count). The van der Waals surface area contributed by atoms with Crippen LogP contribution in [-0.2, 0) is 16.0 Å². The first-order valence-electron chi connectivity index (χ1n) is 7.49. The molecule has 1 N–H and O–H groups in total. The molecule has 0 fully saturated rings. The van der Waals surface area contributed by atoms with Crippen molar-refractivity contribution in [3.8, 4) is 0 Å². The highest BCUT2D eigenvalue weighted by atomic mass is 16.5. The zero-order chi connectivity index (χ0) is 15.5. The summed E-state index contributed by atoms with van der Waals surface area (Å²) in [5.41, 5.74) is 0.957. The van der Waals surface area contributed by atoms with Crippen molar-refractivity contribution in [1.29, 1.82) is 0 Å². The summed E-state index contributed by atoms with van der Waals surface area (Å²) in [6, 6.07) is 0.225. The molecule has 1 aromatic heterocycles. The van der Waals surface area contributed by atoms with Gasteiger partial charge < -0.3 is 19.7 Å². The van der Waals surface area contributed by atoms with E-state index in [1.54, 1.807) is 14.2 Å². The fraction of sp³-hybridized carbons (Fsp3) is 0.733. The van der Waals surface area contributed by atoms with Gasteiger partial charge in [-0.2, -0.15) is 0 Å². The largest absolute Gasteiger partial charge is 0.383 e. The van der Waals surface area contributed by atoms with E-state index in [0.29, 0.717) is 13.2 Å². The average Bonchev–Trinajstić information content (AvgIpc) is 2.49. The molecular weight excluding hydrogens is 268 g/mol. The number of hydrogen-bond donors (Lipinski definition) is 1. The minimum Gasteiger partial charge on any atom is -0.383 e. The first kappa shape index (κ1) is 17.8. The van der Waals surface area contributed by atoms with Crippen LogP contribution in [0.15, 0.2) is 12.4 Å². The first-order chi connectivity index (χ1) is 10.2. The number of nitrogens with zero attached hydrogens (tertiary/aromatic N) is 3. The van der Waals surface area contributed by atoms with Crippen molar-refractivity contribution in [2.24, 2.45) is 0 Å². The van der Waals surface area contributed by atoms with Gasteiger partial charge in [0.15, 0.2) is 0 Å². The number of methoxy groups -OCH3 is 2. The second kappa shape index (κ2) is 10.5. The van der Waals surface area contributed by atoms with Crippen LogP contribution in [0.1, 0.15) is 26.0 Å². The highest BCUT2D eigenvalue weighted by molar-refractivity contribution is 5.37. The van der Waals surface area contributed by atoms with E-state index < -0.39 is 0 Å². The normalized spacial score (nSPS) is 12.4. The van der Waals surface area contributed by atoms with Gasteiger partial charge in [-0.1, -0.05) is 6.92 Å². The lowest BCUT2D eigenvalue weighted by atomic mass is 10.3. The highest BCUT2D eigenvalue weighted by Crippen LogP contribution is 2.13. The van der Waals surface area contributed by atoms with Crippen molar-refractivity contribution in [3.05, 3.63) is 18.1 Å². The Kier molecular flexibility index (Phi) is 8.89. The summed E-state index contributed by atoms with van der Waals surface area (Å²) < 4.78 is 10.4. The Balaban J connectivity index is 2.68. The van der Waals surface area contributed by atoms with E-state index >= 15 is 0 Å². The summed E-state index contributed by atoms with van der Waals surface area (Å²) in [4.78, 5) is 11.2. The third-order valence-corrected chi connectivity index (χ3v) is 3.20. The zero-order valence-electron chi connectivity index (χ0n) is 13.6. The number of anilines is 1. The molecule has 21 heavy (non-hydrogen) atoms.